The molecule has 1 heterocycles. The number of methoxy groups -OCH3 is 1. The Balaban J connectivity index is 1.68. The van der Waals surface area contributed by atoms with E-state index in [0.29, 0.717) is 17.9 Å². The third kappa shape index (κ3) is 4.00. The Labute approximate surface area is 155 Å². The highest BCUT2D eigenvalue weighted by atomic mass is 16.6. The number of carbonyl (C=O) groups excluding carboxylic acids is 1. The lowest BCUT2D eigenvalue weighted by atomic mass is 10.1. The molecule has 0 saturated heterocycles. The van der Waals surface area contributed by atoms with Crippen LogP contribution < -0.4 is 9.75 Å². The number of carbonyl (C=O) groups is 1. The normalized spacial score (nSPS) is 16.7. The maximum absolute atomic E-state index is 12.6. The van der Waals surface area contributed by atoms with Crippen LogP contribution in [0, 0.1) is 16.0 Å². The molecule has 0 unspecified atom stereocenters. The number of benzene rings is 2. The molecule has 27 heavy (non-hydrogen) atoms. The molecule has 138 valence electrons. The van der Waals surface area contributed by atoms with E-state index in [1.165, 1.54) is 29.3 Å². The van der Waals surface area contributed by atoms with Crippen LogP contribution in [0.3, 0.4) is 0 Å². The molecule has 1 amide bonds. The van der Waals surface area contributed by atoms with Crippen molar-refractivity contribution >= 4 is 29.2 Å². The summed E-state index contributed by atoms with van der Waals surface area (Å²) in [7, 11) is 1.61. The molecule has 1 aliphatic heterocycles. The summed E-state index contributed by atoms with van der Waals surface area (Å²) in [6.45, 7) is 2.20. The number of non-ortho nitro benzene ring substituents is 1. The summed E-state index contributed by atoms with van der Waals surface area (Å²) in [5.74, 6) is -0.00584. The summed E-state index contributed by atoms with van der Waals surface area (Å²) in [5, 5.41) is 16.3. The van der Waals surface area contributed by atoms with Gasteiger partial charge in [0.2, 0.25) is 0 Å². The van der Waals surface area contributed by atoms with Crippen LogP contribution in [0.1, 0.15) is 12.5 Å². The van der Waals surface area contributed by atoms with E-state index in [0.717, 1.165) is 11.3 Å². The fraction of sp³-hybridized carbons (Fsp3) is 0.211. The van der Waals surface area contributed by atoms with Crippen LogP contribution in [-0.4, -0.2) is 29.9 Å². The van der Waals surface area contributed by atoms with E-state index >= 15 is 0 Å². The Morgan fingerprint density at radius 3 is 2.48 bits per heavy atom. The minimum absolute atomic E-state index is 0.0382. The van der Waals surface area contributed by atoms with Gasteiger partial charge in [-0.25, -0.2) is 0 Å². The summed E-state index contributed by atoms with van der Waals surface area (Å²) in [6, 6.07) is 13.2. The van der Waals surface area contributed by atoms with Gasteiger partial charge in [0.25, 0.3) is 11.6 Å². The van der Waals surface area contributed by atoms with Crippen LogP contribution in [0.4, 0.5) is 11.4 Å². The van der Waals surface area contributed by atoms with Crippen molar-refractivity contribution in [2.45, 2.75) is 13.5 Å². The van der Waals surface area contributed by atoms with Gasteiger partial charge in [0.1, 0.15) is 11.7 Å². The van der Waals surface area contributed by atoms with Gasteiger partial charge in [0.05, 0.1) is 30.0 Å². The van der Waals surface area contributed by atoms with Crippen LogP contribution in [0.2, 0.25) is 0 Å². The summed E-state index contributed by atoms with van der Waals surface area (Å²) >= 11 is 0. The molecule has 0 aliphatic carbocycles. The van der Waals surface area contributed by atoms with E-state index in [4.69, 9.17) is 4.74 Å². The van der Waals surface area contributed by atoms with Gasteiger partial charge in [-0.15, -0.1) is 0 Å². The number of nitrogens with zero attached hydrogens (tertiary/aromatic N) is 4. The van der Waals surface area contributed by atoms with Gasteiger partial charge in [0, 0.05) is 18.3 Å². The molecule has 2 aromatic carbocycles. The first-order chi connectivity index (χ1) is 13.0. The second-order valence-corrected chi connectivity index (χ2v) is 5.98. The lowest BCUT2D eigenvalue weighted by Crippen LogP contribution is -2.27. The topological polar surface area (TPSA) is 97.4 Å². The second-order valence-electron chi connectivity index (χ2n) is 5.98. The average Bonchev–Trinajstić information content (AvgIpc) is 2.97. The van der Waals surface area contributed by atoms with Gasteiger partial charge in [-0.2, -0.15) is 10.1 Å². The van der Waals surface area contributed by atoms with Gasteiger partial charge in [-0.1, -0.05) is 12.1 Å². The first-order valence-corrected chi connectivity index (χ1v) is 8.26. The van der Waals surface area contributed by atoms with E-state index in [9.17, 15) is 14.9 Å². The second kappa shape index (κ2) is 7.77. The molecule has 0 saturated carbocycles. The van der Waals surface area contributed by atoms with Crippen LogP contribution in [-0.2, 0) is 11.3 Å². The molecule has 2 aromatic rings. The number of hydrogen-bond acceptors (Lipinski definition) is 6. The molecule has 0 fully saturated rings. The molecule has 1 atom stereocenters. The lowest BCUT2D eigenvalue weighted by Gasteiger charge is -2.12. The minimum Gasteiger partial charge on any atom is -0.497 e. The molecule has 0 N–H and O–H groups in total. The zero-order valence-corrected chi connectivity index (χ0v) is 14.9. The highest BCUT2D eigenvalue weighted by Crippen LogP contribution is 2.25. The summed E-state index contributed by atoms with van der Waals surface area (Å²) < 4.78 is 5.12. The largest absolute Gasteiger partial charge is 0.497 e. The fourth-order valence-electron chi connectivity index (χ4n) is 2.65. The molecular weight excluding hydrogens is 348 g/mol. The number of nitro groups is 1. The van der Waals surface area contributed by atoms with E-state index in [-0.39, 0.29) is 11.6 Å². The zero-order chi connectivity index (χ0) is 19.4. The van der Waals surface area contributed by atoms with Crippen molar-refractivity contribution in [3.63, 3.8) is 0 Å². The molecule has 0 spiro atoms. The molecule has 3 rings (SSSR count). The fourth-order valence-corrected chi connectivity index (χ4v) is 2.65. The number of amides is 1. The maximum atomic E-state index is 12.6. The Morgan fingerprint density at radius 2 is 1.89 bits per heavy atom. The van der Waals surface area contributed by atoms with Crippen molar-refractivity contribution in [1.29, 1.82) is 0 Å². The molecule has 8 nitrogen and oxygen atoms in total. The first kappa shape index (κ1) is 18.2. The summed E-state index contributed by atoms with van der Waals surface area (Å²) in [6.07, 6.45) is 1.59. The maximum Gasteiger partial charge on any atom is 0.269 e. The van der Waals surface area contributed by atoms with Gasteiger partial charge < -0.3 is 4.74 Å². The average molecular weight is 366 g/mol. The molecule has 0 radical (unpaired) electrons. The van der Waals surface area contributed by atoms with Crippen molar-refractivity contribution in [3.8, 4) is 5.75 Å². The smallest absolute Gasteiger partial charge is 0.269 e. The summed E-state index contributed by atoms with van der Waals surface area (Å²) in [5.41, 5.74) is 2.07. The molecule has 0 bridgehead atoms. The predicted molar refractivity (Wildman–Crippen MR) is 102 cm³/mol. The van der Waals surface area contributed by atoms with Crippen molar-refractivity contribution in [1.82, 2.24) is 0 Å². The monoisotopic (exact) mass is 366 g/mol. The number of hydrogen-bond donors (Lipinski definition) is 0. The molecular formula is C19H18N4O4. The van der Waals surface area contributed by atoms with E-state index in [1.54, 1.807) is 20.2 Å². The lowest BCUT2D eigenvalue weighted by molar-refractivity contribution is -0.384. The van der Waals surface area contributed by atoms with Crippen molar-refractivity contribution in [3.05, 3.63) is 64.2 Å². The van der Waals surface area contributed by atoms with Gasteiger partial charge >= 0.3 is 0 Å². The minimum atomic E-state index is -0.543. The number of aliphatic imine (C=N–C) groups is 1. The van der Waals surface area contributed by atoms with Gasteiger partial charge in [0.15, 0.2) is 0 Å². The quantitative estimate of drug-likeness (QED) is 0.445. The molecule has 0 aromatic heterocycles. The van der Waals surface area contributed by atoms with Crippen LogP contribution in [0.25, 0.3) is 0 Å². The van der Waals surface area contributed by atoms with Gasteiger partial charge in [-0.3, -0.25) is 19.9 Å². The standard InChI is InChI=1S/C19H18N4O4/c1-13-18(12-20-11-14-3-9-17(27-2)10-4-14)19(24)22(21-13)15-5-7-16(8-6-15)23(25)26/h3-10,12,18H,11H2,1-2H3/t18-/m0/s1. The number of anilines is 1. The Morgan fingerprint density at radius 1 is 1.22 bits per heavy atom. The molecule has 1 aliphatic rings. The predicted octanol–water partition coefficient (Wildman–Crippen LogP) is 3.21. The molecule has 8 heteroatoms. The zero-order valence-electron chi connectivity index (χ0n) is 14.9. The van der Waals surface area contributed by atoms with Crippen LogP contribution in [0.5, 0.6) is 5.75 Å². The number of ether oxygens (including phenoxy) is 1. The number of nitro benzene ring substituents is 1. The Hall–Kier alpha value is -3.55. The van der Waals surface area contributed by atoms with Crippen LogP contribution >= 0.6 is 0 Å². The van der Waals surface area contributed by atoms with Crippen LogP contribution in [0.15, 0.2) is 58.6 Å². The van der Waals surface area contributed by atoms with E-state index in [2.05, 4.69) is 10.1 Å². The van der Waals surface area contributed by atoms with Gasteiger partial charge in [-0.05, 0) is 36.8 Å². The highest BCUT2D eigenvalue weighted by Gasteiger charge is 2.33. The third-order valence-electron chi connectivity index (χ3n) is 4.18. The number of hydrazone groups is 1. The van der Waals surface area contributed by atoms with E-state index < -0.39 is 10.8 Å². The SMILES string of the molecule is COc1ccc(CN=C[C@@H]2C(=O)N(c3ccc([N+](=O)[O-])cc3)N=C2C)cc1. The third-order valence-corrected chi connectivity index (χ3v) is 4.18. The first-order valence-electron chi connectivity index (χ1n) is 8.26. The Kier molecular flexibility index (Phi) is 5.25. The van der Waals surface area contributed by atoms with Crippen molar-refractivity contribution < 1.29 is 14.5 Å². The highest BCUT2D eigenvalue weighted by molar-refractivity contribution is 6.23. The number of rotatable bonds is 6. The van der Waals surface area contributed by atoms with Crippen molar-refractivity contribution in [2.24, 2.45) is 16.0 Å². The van der Waals surface area contributed by atoms with Crippen molar-refractivity contribution in [2.75, 3.05) is 12.1 Å². The Bertz CT molecular complexity index is 904. The van der Waals surface area contributed by atoms with E-state index in [1.807, 2.05) is 24.3 Å². The summed E-state index contributed by atoms with van der Waals surface area (Å²) in [4.78, 5) is 27.3.